The first-order valence-corrected chi connectivity index (χ1v) is 12.5. The Bertz CT molecular complexity index is 768. The number of carbonyl (C=O) groups excluding carboxylic acids is 3. The van der Waals surface area contributed by atoms with Crippen molar-refractivity contribution >= 4 is 17.8 Å². The maximum absolute atomic E-state index is 14.1. The Morgan fingerprint density at radius 1 is 1.33 bits per heavy atom. The molecule has 186 valence electrons. The topological polar surface area (TPSA) is 96.4 Å². The van der Waals surface area contributed by atoms with Crippen LogP contribution in [0.4, 0.5) is 0 Å². The quantitative estimate of drug-likeness (QED) is 0.270. The third-order valence-corrected chi connectivity index (χ3v) is 7.76. The molecule has 2 amide bonds. The van der Waals surface area contributed by atoms with E-state index in [1.807, 2.05) is 13.8 Å². The van der Waals surface area contributed by atoms with Gasteiger partial charge >= 0.3 is 5.97 Å². The maximum atomic E-state index is 14.1. The SMILES string of the molecule is C=CCN(CCCCC)C(=O)C1N([C@@H](CC)CO)C(=O)[C@@H]2[C@H](C(=O)OCC)[C@]3(C)CCC12O3. The fourth-order valence-electron chi connectivity index (χ4n) is 6.21. The molecule has 3 saturated heterocycles. The number of aliphatic hydroxyl groups is 1. The zero-order valence-corrected chi connectivity index (χ0v) is 20.5. The van der Waals surface area contributed by atoms with E-state index in [0.717, 1.165) is 19.3 Å². The van der Waals surface area contributed by atoms with Crippen molar-refractivity contribution in [3.05, 3.63) is 12.7 Å². The molecule has 3 aliphatic rings. The highest BCUT2D eigenvalue weighted by atomic mass is 16.6. The van der Waals surface area contributed by atoms with Crippen LogP contribution >= 0.6 is 0 Å². The molecule has 0 aliphatic carbocycles. The Hall–Kier alpha value is -1.93. The first-order chi connectivity index (χ1) is 15.8. The van der Waals surface area contributed by atoms with Gasteiger partial charge in [0.25, 0.3) is 0 Å². The third kappa shape index (κ3) is 4.09. The second-order valence-corrected chi connectivity index (χ2v) is 9.75. The van der Waals surface area contributed by atoms with E-state index in [0.29, 0.717) is 32.4 Å². The second kappa shape index (κ2) is 10.1. The van der Waals surface area contributed by atoms with Crippen LogP contribution in [0.15, 0.2) is 12.7 Å². The smallest absolute Gasteiger partial charge is 0.312 e. The molecule has 6 atom stereocenters. The fraction of sp³-hybridized carbons (Fsp3) is 0.800. The van der Waals surface area contributed by atoms with E-state index in [9.17, 15) is 19.5 Å². The lowest BCUT2D eigenvalue weighted by atomic mass is 9.66. The molecule has 3 heterocycles. The van der Waals surface area contributed by atoms with Crippen LogP contribution in [0.3, 0.4) is 0 Å². The van der Waals surface area contributed by atoms with Crippen LogP contribution in [-0.2, 0) is 23.9 Å². The number of rotatable bonds is 12. The van der Waals surface area contributed by atoms with Crippen LogP contribution in [0.2, 0.25) is 0 Å². The highest BCUT2D eigenvalue weighted by molar-refractivity contribution is 5.98. The lowest BCUT2D eigenvalue weighted by molar-refractivity contribution is -0.161. The van der Waals surface area contributed by atoms with Gasteiger partial charge in [0.15, 0.2) is 0 Å². The van der Waals surface area contributed by atoms with Gasteiger partial charge in [-0.25, -0.2) is 0 Å². The molecule has 2 unspecified atom stereocenters. The van der Waals surface area contributed by atoms with Crippen molar-refractivity contribution in [2.45, 2.75) is 89.5 Å². The predicted octanol–water partition coefficient (Wildman–Crippen LogP) is 2.29. The number of amides is 2. The molecule has 0 radical (unpaired) electrons. The van der Waals surface area contributed by atoms with Gasteiger partial charge < -0.3 is 24.4 Å². The standard InChI is InChI=1S/C25H40N2O6/c1-6-10-11-15-26(14-7-2)22(30)20-25-13-12-24(5,33-25)19(23(31)32-9-4)18(25)21(29)27(20)17(8-3)16-28/h7,17-20,28H,2,6,8-16H2,1,3-5H3/t17-,18-,19+,20?,24-,25?/m0/s1. The zero-order chi connectivity index (χ0) is 24.4. The van der Waals surface area contributed by atoms with Crippen LogP contribution in [-0.4, -0.2) is 82.3 Å². The first-order valence-electron chi connectivity index (χ1n) is 12.5. The molecule has 8 nitrogen and oxygen atoms in total. The van der Waals surface area contributed by atoms with E-state index in [-0.39, 0.29) is 25.0 Å². The molecule has 2 bridgehead atoms. The van der Waals surface area contributed by atoms with Gasteiger partial charge in [0.05, 0.1) is 30.8 Å². The molecule has 0 aromatic rings. The van der Waals surface area contributed by atoms with E-state index in [2.05, 4.69) is 13.5 Å². The van der Waals surface area contributed by atoms with Crippen molar-refractivity contribution in [2.75, 3.05) is 26.3 Å². The van der Waals surface area contributed by atoms with Gasteiger partial charge in [0.2, 0.25) is 11.8 Å². The van der Waals surface area contributed by atoms with E-state index in [1.165, 1.54) is 4.90 Å². The summed E-state index contributed by atoms with van der Waals surface area (Å²) in [5.41, 5.74) is -1.93. The molecule has 33 heavy (non-hydrogen) atoms. The van der Waals surface area contributed by atoms with Crippen LogP contribution in [0.1, 0.15) is 66.2 Å². The van der Waals surface area contributed by atoms with Gasteiger partial charge in [-0.3, -0.25) is 14.4 Å². The second-order valence-electron chi connectivity index (χ2n) is 9.75. The van der Waals surface area contributed by atoms with Crippen LogP contribution in [0.5, 0.6) is 0 Å². The summed E-state index contributed by atoms with van der Waals surface area (Å²) in [5, 5.41) is 10.1. The minimum Gasteiger partial charge on any atom is -0.466 e. The lowest BCUT2D eigenvalue weighted by Crippen LogP contribution is -2.58. The zero-order valence-electron chi connectivity index (χ0n) is 20.5. The molecule has 3 fully saturated rings. The van der Waals surface area contributed by atoms with Gasteiger partial charge in [-0.1, -0.05) is 32.8 Å². The number of unbranched alkanes of at least 4 members (excludes halogenated alkanes) is 2. The summed E-state index contributed by atoms with van der Waals surface area (Å²) in [6.45, 7) is 12.3. The molecule has 0 aromatic carbocycles. The van der Waals surface area contributed by atoms with Crippen molar-refractivity contribution in [1.29, 1.82) is 0 Å². The number of hydrogen-bond acceptors (Lipinski definition) is 6. The minimum absolute atomic E-state index is 0.192. The normalized spacial score (nSPS) is 33.2. The number of hydrogen-bond donors (Lipinski definition) is 1. The number of likely N-dealkylation sites (tertiary alicyclic amines) is 1. The van der Waals surface area contributed by atoms with E-state index in [4.69, 9.17) is 9.47 Å². The molecular formula is C25H40N2O6. The first kappa shape index (κ1) is 25.7. The Morgan fingerprint density at radius 2 is 2.06 bits per heavy atom. The Balaban J connectivity index is 2.06. The molecule has 0 aromatic heterocycles. The summed E-state index contributed by atoms with van der Waals surface area (Å²) in [6.07, 6.45) is 6.16. The van der Waals surface area contributed by atoms with E-state index in [1.54, 1.807) is 17.9 Å². The summed E-state index contributed by atoms with van der Waals surface area (Å²) >= 11 is 0. The number of aliphatic hydroxyl groups excluding tert-OH is 1. The third-order valence-electron chi connectivity index (χ3n) is 7.76. The summed E-state index contributed by atoms with van der Waals surface area (Å²) < 4.78 is 11.9. The number of carbonyl (C=O) groups is 3. The van der Waals surface area contributed by atoms with Crippen molar-refractivity contribution < 1.29 is 29.0 Å². The number of esters is 1. The number of ether oxygens (including phenoxy) is 2. The monoisotopic (exact) mass is 464 g/mol. The minimum atomic E-state index is -1.09. The van der Waals surface area contributed by atoms with Crippen LogP contribution in [0.25, 0.3) is 0 Å². The van der Waals surface area contributed by atoms with Gasteiger partial charge in [0.1, 0.15) is 17.6 Å². The van der Waals surface area contributed by atoms with Crippen LogP contribution < -0.4 is 0 Å². The summed E-state index contributed by atoms with van der Waals surface area (Å²) in [6, 6.07) is -1.40. The van der Waals surface area contributed by atoms with Crippen molar-refractivity contribution in [3.63, 3.8) is 0 Å². The van der Waals surface area contributed by atoms with E-state index < -0.39 is 41.1 Å². The summed E-state index contributed by atoms with van der Waals surface area (Å²) in [7, 11) is 0. The Kier molecular flexibility index (Phi) is 7.89. The average Bonchev–Trinajstić information content (AvgIpc) is 3.35. The number of nitrogens with zero attached hydrogens (tertiary/aromatic N) is 2. The van der Waals surface area contributed by atoms with Crippen molar-refractivity contribution in [3.8, 4) is 0 Å². The number of fused-ring (bicyclic) bond motifs is 1. The summed E-state index contributed by atoms with van der Waals surface area (Å²) in [5.74, 6) is -2.48. The molecule has 1 spiro atoms. The van der Waals surface area contributed by atoms with Gasteiger partial charge in [0, 0.05) is 13.1 Å². The maximum Gasteiger partial charge on any atom is 0.312 e. The van der Waals surface area contributed by atoms with Crippen LogP contribution in [0, 0.1) is 11.8 Å². The van der Waals surface area contributed by atoms with Gasteiger partial charge in [-0.2, -0.15) is 0 Å². The van der Waals surface area contributed by atoms with Crippen molar-refractivity contribution in [1.82, 2.24) is 9.80 Å². The fourth-order valence-corrected chi connectivity index (χ4v) is 6.21. The van der Waals surface area contributed by atoms with Gasteiger partial charge in [-0.15, -0.1) is 6.58 Å². The van der Waals surface area contributed by atoms with Gasteiger partial charge in [-0.05, 0) is 39.5 Å². The Morgan fingerprint density at radius 3 is 2.64 bits per heavy atom. The van der Waals surface area contributed by atoms with E-state index >= 15 is 0 Å². The Labute approximate surface area is 197 Å². The molecule has 3 rings (SSSR count). The average molecular weight is 465 g/mol. The molecule has 8 heteroatoms. The lowest BCUT2D eigenvalue weighted by Gasteiger charge is -2.39. The largest absolute Gasteiger partial charge is 0.466 e. The highest BCUT2D eigenvalue weighted by Crippen LogP contribution is 2.63. The predicted molar refractivity (Wildman–Crippen MR) is 123 cm³/mol. The summed E-state index contributed by atoms with van der Waals surface area (Å²) in [4.78, 5) is 44.2. The molecular weight excluding hydrogens is 424 g/mol. The molecule has 1 N–H and O–H groups in total. The molecule has 0 saturated carbocycles. The van der Waals surface area contributed by atoms with Crippen molar-refractivity contribution in [2.24, 2.45) is 11.8 Å². The molecule has 3 aliphatic heterocycles. The highest BCUT2D eigenvalue weighted by Gasteiger charge is 2.79.